The van der Waals surface area contributed by atoms with Crippen LogP contribution in [-0.4, -0.2) is 19.6 Å². The molecule has 0 atom stereocenters. The Labute approximate surface area is 174 Å². The van der Waals surface area contributed by atoms with Crippen LogP contribution in [0.15, 0.2) is 47.5 Å². The molecule has 0 saturated carbocycles. The maximum Gasteiger partial charge on any atom is 0.291 e. The third kappa shape index (κ3) is 3.83. The van der Waals surface area contributed by atoms with Crippen LogP contribution in [0.25, 0.3) is 16.3 Å². The van der Waals surface area contributed by atoms with Gasteiger partial charge in [0, 0.05) is 16.8 Å². The first-order valence-corrected chi connectivity index (χ1v) is 10.6. The molecule has 0 aliphatic rings. The van der Waals surface area contributed by atoms with E-state index in [1.807, 2.05) is 52.9 Å². The number of hydrogen-bond acceptors (Lipinski definition) is 5. The molecule has 0 aliphatic carbocycles. The van der Waals surface area contributed by atoms with Gasteiger partial charge in [-0.05, 0) is 34.2 Å². The van der Waals surface area contributed by atoms with Crippen molar-refractivity contribution in [1.82, 2.24) is 19.6 Å². The molecule has 27 heavy (non-hydrogen) atoms. The summed E-state index contributed by atoms with van der Waals surface area (Å²) in [6.45, 7) is 0. The molecule has 0 bridgehead atoms. The first kappa shape index (κ1) is 18.7. The van der Waals surface area contributed by atoms with Gasteiger partial charge in [-0.1, -0.05) is 41.7 Å². The van der Waals surface area contributed by atoms with Crippen molar-refractivity contribution in [2.24, 2.45) is 0 Å². The number of fused-ring (bicyclic) bond motifs is 1. The molecule has 4 nitrogen and oxygen atoms in total. The van der Waals surface area contributed by atoms with Gasteiger partial charge in [0.25, 0.3) is 6.43 Å². The molecule has 0 spiro atoms. The predicted octanol–water partition coefficient (Wildman–Crippen LogP) is 5.83. The Morgan fingerprint density at radius 1 is 1.19 bits per heavy atom. The van der Waals surface area contributed by atoms with Gasteiger partial charge < -0.3 is 0 Å². The highest BCUT2D eigenvalue weighted by Gasteiger charge is 2.21. The SMILES string of the molecule is Fc1cc(SCc2ccccc2)cn2c(-c3nnc(C(F)F)s3)nc(I)c12. The summed E-state index contributed by atoms with van der Waals surface area (Å²) in [5.41, 5.74) is 1.41. The van der Waals surface area contributed by atoms with E-state index >= 15 is 0 Å². The second-order valence-electron chi connectivity index (χ2n) is 5.49. The van der Waals surface area contributed by atoms with Crippen LogP contribution in [0, 0.1) is 9.52 Å². The molecule has 0 fully saturated rings. The number of halogens is 4. The Hall–Kier alpha value is -1.66. The zero-order valence-corrected chi connectivity index (χ0v) is 17.2. The Morgan fingerprint density at radius 3 is 2.67 bits per heavy atom. The van der Waals surface area contributed by atoms with Crippen molar-refractivity contribution >= 4 is 51.2 Å². The summed E-state index contributed by atoms with van der Waals surface area (Å²) in [5.74, 6) is 0.566. The van der Waals surface area contributed by atoms with Crippen LogP contribution in [0.1, 0.15) is 17.0 Å². The number of aromatic nitrogens is 4. The quantitative estimate of drug-likeness (QED) is 0.247. The van der Waals surface area contributed by atoms with Crippen molar-refractivity contribution in [1.29, 1.82) is 0 Å². The van der Waals surface area contributed by atoms with Crippen molar-refractivity contribution in [3.05, 3.63) is 62.7 Å². The summed E-state index contributed by atoms with van der Waals surface area (Å²) in [6.07, 6.45) is -0.949. The number of nitrogens with zero attached hydrogens (tertiary/aromatic N) is 4. The zero-order chi connectivity index (χ0) is 19.0. The first-order chi connectivity index (χ1) is 13.0. The zero-order valence-electron chi connectivity index (χ0n) is 13.4. The molecule has 0 saturated heterocycles. The van der Waals surface area contributed by atoms with Gasteiger partial charge >= 0.3 is 0 Å². The van der Waals surface area contributed by atoms with E-state index < -0.39 is 12.2 Å². The molecule has 3 heterocycles. The normalized spacial score (nSPS) is 11.6. The Kier molecular flexibility index (Phi) is 5.37. The standard InChI is InChI=1S/C17H10F3IN4S2/c18-11-6-10(26-8-9-4-2-1-3-5-9)7-25-12(11)14(21)22-15(25)17-24-23-16(27-17)13(19)20/h1-7,13H,8H2. The lowest BCUT2D eigenvalue weighted by Crippen LogP contribution is -1.93. The highest BCUT2D eigenvalue weighted by molar-refractivity contribution is 14.1. The van der Waals surface area contributed by atoms with Crippen molar-refractivity contribution < 1.29 is 13.2 Å². The minimum Gasteiger partial charge on any atom is -0.293 e. The van der Waals surface area contributed by atoms with Gasteiger partial charge in [-0.15, -0.1) is 22.0 Å². The van der Waals surface area contributed by atoms with Crippen LogP contribution in [0.4, 0.5) is 13.2 Å². The predicted molar refractivity (Wildman–Crippen MR) is 108 cm³/mol. The molecular weight excluding hydrogens is 508 g/mol. The molecule has 1 aromatic carbocycles. The molecule has 0 amide bonds. The van der Waals surface area contributed by atoms with Gasteiger partial charge in [0.05, 0.1) is 0 Å². The van der Waals surface area contributed by atoms with Gasteiger partial charge in [0.2, 0.25) is 0 Å². The smallest absolute Gasteiger partial charge is 0.291 e. The van der Waals surface area contributed by atoms with Gasteiger partial charge in [0.1, 0.15) is 9.22 Å². The van der Waals surface area contributed by atoms with E-state index in [-0.39, 0.29) is 10.0 Å². The summed E-state index contributed by atoms with van der Waals surface area (Å²) >= 11 is 4.16. The average molecular weight is 518 g/mol. The lowest BCUT2D eigenvalue weighted by Gasteiger charge is -2.06. The first-order valence-electron chi connectivity index (χ1n) is 7.68. The molecule has 0 unspecified atom stereocenters. The van der Waals surface area contributed by atoms with E-state index in [1.165, 1.54) is 17.8 Å². The summed E-state index contributed by atoms with van der Waals surface area (Å²) in [7, 11) is 0. The number of pyridine rings is 1. The Balaban J connectivity index is 1.73. The van der Waals surface area contributed by atoms with Crippen LogP contribution >= 0.6 is 45.7 Å². The molecule has 0 N–H and O–H groups in total. The summed E-state index contributed by atoms with van der Waals surface area (Å²) in [5, 5.41) is 7.14. The second kappa shape index (κ2) is 7.76. The lowest BCUT2D eigenvalue weighted by molar-refractivity contribution is 0.150. The number of rotatable bonds is 5. The second-order valence-corrected chi connectivity index (χ2v) is 8.57. The fourth-order valence-electron chi connectivity index (χ4n) is 2.49. The largest absolute Gasteiger partial charge is 0.293 e. The highest BCUT2D eigenvalue weighted by Crippen LogP contribution is 2.33. The minimum atomic E-state index is -2.70. The lowest BCUT2D eigenvalue weighted by atomic mass is 10.2. The average Bonchev–Trinajstić information content (AvgIpc) is 3.26. The molecule has 0 aliphatic heterocycles. The van der Waals surface area contributed by atoms with Crippen LogP contribution in [0.2, 0.25) is 0 Å². The van der Waals surface area contributed by atoms with E-state index in [1.54, 1.807) is 10.6 Å². The van der Waals surface area contributed by atoms with E-state index in [9.17, 15) is 13.2 Å². The van der Waals surface area contributed by atoms with Gasteiger partial charge in [0.15, 0.2) is 21.7 Å². The topological polar surface area (TPSA) is 43.1 Å². The van der Waals surface area contributed by atoms with Crippen LogP contribution in [0.5, 0.6) is 0 Å². The number of hydrogen-bond donors (Lipinski definition) is 0. The van der Waals surface area contributed by atoms with E-state index in [0.717, 1.165) is 16.9 Å². The van der Waals surface area contributed by atoms with Crippen molar-refractivity contribution in [3.8, 4) is 10.8 Å². The fraction of sp³-hybridized carbons (Fsp3) is 0.118. The van der Waals surface area contributed by atoms with Gasteiger partial charge in [-0.2, -0.15) is 0 Å². The molecule has 10 heteroatoms. The molecular formula is C17H10F3IN4S2. The van der Waals surface area contributed by atoms with Crippen LogP contribution in [0.3, 0.4) is 0 Å². The third-order valence-corrected chi connectivity index (χ3v) is 6.40. The summed E-state index contributed by atoms with van der Waals surface area (Å²) < 4.78 is 42.3. The molecule has 4 rings (SSSR count). The molecule has 3 aromatic heterocycles. The molecule has 4 aromatic rings. The fourth-order valence-corrected chi connectivity index (χ4v) is 4.81. The Morgan fingerprint density at radius 2 is 1.96 bits per heavy atom. The summed E-state index contributed by atoms with van der Waals surface area (Å²) in [4.78, 5) is 5.02. The molecule has 0 radical (unpaired) electrons. The molecule has 138 valence electrons. The van der Waals surface area contributed by atoms with Crippen molar-refractivity contribution in [3.63, 3.8) is 0 Å². The highest BCUT2D eigenvalue weighted by atomic mass is 127. The number of benzene rings is 1. The number of alkyl halides is 2. The van der Waals surface area contributed by atoms with E-state index in [2.05, 4.69) is 15.2 Å². The minimum absolute atomic E-state index is 0.229. The van der Waals surface area contributed by atoms with Crippen molar-refractivity contribution in [2.75, 3.05) is 0 Å². The maximum atomic E-state index is 14.7. The van der Waals surface area contributed by atoms with E-state index in [4.69, 9.17) is 0 Å². The number of imidazole rings is 1. The van der Waals surface area contributed by atoms with Crippen LogP contribution in [-0.2, 0) is 5.75 Å². The third-order valence-electron chi connectivity index (χ3n) is 3.69. The maximum absolute atomic E-state index is 14.7. The van der Waals surface area contributed by atoms with Crippen LogP contribution < -0.4 is 0 Å². The van der Waals surface area contributed by atoms with Gasteiger partial charge in [-0.3, -0.25) is 4.40 Å². The van der Waals surface area contributed by atoms with Gasteiger partial charge in [-0.25, -0.2) is 18.2 Å². The summed E-state index contributed by atoms with van der Waals surface area (Å²) in [6, 6.07) is 11.3. The Bertz CT molecular complexity index is 1100. The number of thioether (sulfide) groups is 1. The van der Waals surface area contributed by atoms with E-state index in [0.29, 0.717) is 25.7 Å². The monoisotopic (exact) mass is 518 g/mol. The van der Waals surface area contributed by atoms with Crippen molar-refractivity contribution in [2.45, 2.75) is 17.1 Å².